The number of carboxylic acid groups (broad SMARTS) is 1. The highest BCUT2D eigenvalue weighted by atomic mass is 16.5. The van der Waals surface area contributed by atoms with E-state index in [2.05, 4.69) is 40.4 Å². The topological polar surface area (TPSA) is 81.3 Å². The molecule has 5 rings (SSSR count). The van der Waals surface area contributed by atoms with Crippen LogP contribution in [0.4, 0.5) is 5.82 Å². The Kier molecular flexibility index (Phi) is 4.06. The number of methoxy groups -OCH3 is 1. The van der Waals surface area contributed by atoms with Gasteiger partial charge in [-0.05, 0) is 54.7 Å². The van der Waals surface area contributed by atoms with Crippen LogP contribution in [0, 0.1) is 0 Å². The summed E-state index contributed by atoms with van der Waals surface area (Å²) in [5.41, 5.74) is 6.88. The Bertz CT molecular complexity index is 1300. The first-order valence-electron chi connectivity index (χ1n) is 9.66. The van der Waals surface area contributed by atoms with Crippen LogP contribution < -0.4 is 10.8 Å². The van der Waals surface area contributed by atoms with E-state index < -0.39 is 5.97 Å². The van der Waals surface area contributed by atoms with Gasteiger partial charge in [-0.3, -0.25) is 10.1 Å². The number of anilines is 1. The number of hydrogen-bond donors (Lipinski definition) is 2. The van der Waals surface area contributed by atoms with Gasteiger partial charge in [-0.15, -0.1) is 0 Å². The minimum Gasteiger partial charge on any atom is -0.478 e. The van der Waals surface area contributed by atoms with E-state index in [0.717, 1.165) is 16.3 Å². The van der Waals surface area contributed by atoms with E-state index in [0.29, 0.717) is 18.3 Å². The second kappa shape index (κ2) is 6.63. The number of benzene rings is 1. The van der Waals surface area contributed by atoms with Crippen molar-refractivity contribution in [2.24, 2.45) is 7.05 Å². The lowest BCUT2D eigenvalue weighted by Gasteiger charge is -2.11. The number of aromatic carboxylic acids is 1. The van der Waals surface area contributed by atoms with E-state index >= 15 is 0 Å². The lowest BCUT2D eigenvalue weighted by Crippen LogP contribution is -2.25. The van der Waals surface area contributed by atoms with Crippen LogP contribution >= 0.6 is 0 Å². The number of hydrogen-bond acceptors (Lipinski definition) is 4. The van der Waals surface area contributed by atoms with Crippen molar-refractivity contribution in [2.45, 2.75) is 18.8 Å². The summed E-state index contributed by atoms with van der Waals surface area (Å²) in [5, 5.41) is 12.8. The Morgan fingerprint density at radius 3 is 2.90 bits per heavy atom. The highest BCUT2D eigenvalue weighted by molar-refractivity contribution is 6.03. The molecular weight excluding hydrogens is 368 g/mol. The number of rotatable bonds is 6. The third kappa shape index (κ3) is 2.86. The summed E-state index contributed by atoms with van der Waals surface area (Å²) in [6, 6.07) is 7.47. The molecule has 0 radical (unpaired) electrons. The predicted octanol–water partition coefficient (Wildman–Crippen LogP) is 3.12. The molecule has 1 aliphatic carbocycles. The number of pyridine rings is 1. The Hall–Kier alpha value is -3.32. The number of carbonyl (C=O) groups is 1. The highest BCUT2D eigenvalue weighted by Gasteiger charge is 2.28. The Morgan fingerprint density at radius 2 is 2.17 bits per heavy atom. The summed E-state index contributed by atoms with van der Waals surface area (Å²) < 4.78 is 9.38. The zero-order valence-electron chi connectivity index (χ0n) is 16.3. The van der Waals surface area contributed by atoms with Crippen LogP contribution in [0.2, 0.25) is 0 Å². The number of nitrogens with zero attached hydrogens (tertiary/aromatic N) is 3. The van der Waals surface area contributed by atoms with Crippen LogP contribution in [0.5, 0.6) is 0 Å². The van der Waals surface area contributed by atoms with Gasteiger partial charge in [0.1, 0.15) is 5.56 Å². The zero-order valence-corrected chi connectivity index (χ0v) is 16.3. The molecule has 29 heavy (non-hydrogen) atoms. The van der Waals surface area contributed by atoms with Gasteiger partial charge in [0, 0.05) is 37.3 Å². The summed E-state index contributed by atoms with van der Waals surface area (Å²) in [6.45, 7) is 0.446. The number of ether oxygens (including phenoxy) is 1. The maximum absolute atomic E-state index is 11.6. The normalized spacial score (nSPS) is 14.9. The van der Waals surface area contributed by atoms with Crippen molar-refractivity contribution < 1.29 is 14.6 Å². The van der Waals surface area contributed by atoms with Crippen molar-refractivity contribution in [3.63, 3.8) is 0 Å². The Morgan fingerprint density at radius 1 is 1.38 bits per heavy atom. The highest BCUT2D eigenvalue weighted by Crippen LogP contribution is 2.44. The van der Waals surface area contributed by atoms with Gasteiger partial charge in [-0.1, -0.05) is 0 Å². The van der Waals surface area contributed by atoms with Crippen molar-refractivity contribution in [3.05, 3.63) is 53.1 Å². The first-order valence-corrected chi connectivity index (χ1v) is 9.66. The third-order valence-corrected chi connectivity index (χ3v) is 5.58. The maximum atomic E-state index is 11.6. The van der Waals surface area contributed by atoms with E-state index in [1.54, 1.807) is 25.4 Å². The number of nitrogens with one attached hydrogen (secondary N) is 1. The molecule has 4 aromatic rings. The molecule has 3 aromatic heterocycles. The van der Waals surface area contributed by atoms with Crippen LogP contribution in [-0.4, -0.2) is 39.0 Å². The van der Waals surface area contributed by atoms with Gasteiger partial charge in [0.15, 0.2) is 5.82 Å². The van der Waals surface area contributed by atoms with E-state index in [1.165, 1.54) is 29.3 Å². The van der Waals surface area contributed by atoms with Crippen LogP contribution in [0.3, 0.4) is 0 Å². The second-order valence-corrected chi connectivity index (χ2v) is 7.56. The fourth-order valence-corrected chi connectivity index (χ4v) is 4.13. The van der Waals surface area contributed by atoms with Crippen molar-refractivity contribution in [1.82, 2.24) is 14.2 Å². The molecule has 0 atom stereocenters. The number of aromatic nitrogens is 3. The minimum absolute atomic E-state index is 0.127. The monoisotopic (exact) mass is 390 g/mol. The van der Waals surface area contributed by atoms with Gasteiger partial charge in [0.2, 0.25) is 0 Å². The molecule has 2 N–H and O–H groups in total. The molecule has 0 amide bonds. The molecule has 1 fully saturated rings. The average molecular weight is 390 g/mol. The van der Waals surface area contributed by atoms with E-state index in [1.807, 2.05) is 10.8 Å². The van der Waals surface area contributed by atoms with E-state index in [-0.39, 0.29) is 5.56 Å². The summed E-state index contributed by atoms with van der Waals surface area (Å²) in [6.07, 6.45) is 8.31. The third-order valence-electron chi connectivity index (χ3n) is 5.58. The number of carboxylic acids is 1. The standard InChI is InChI=1S/C22H22N4O3/c1-25-12-18(13-5-6-13)16-10-14-11-17(20(16)25)19(7-9-29-2)26(14)24-21-15(22(27)28)4-3-8-23-21/h3-4,7-8,10-13H,5-6,9H2,1-2H3,(H,23,24)(H,27,28)/b19-7+. The van der Waals surface area contributed by atoms with Gasteiger partial charge >= 0.3 is 5.97 Å². The molecule has 1 saturated carbocycles. The van der Waals surface area contributed by atoms with Crippen LogP contribution in [0.15, 0.2) is 36.7 Å². The predicted molar refractivity (Wildman–Crippen MR) is 112 cm³/mol. The van der Waals surface area contributed by atoms with E-state index in [4.69, 9.17) is 4.74 Å². The van der Waals surface area contributed by atoms with Gasteiger partial charge in [-0.25, -0.2) is 9.78 Å². The molecule has 2 bridgehead atoms. The molecule has 0 saturated heterocycles. The second-order valence-electron chi connectivity index (χ2n) is 7.56. The summed E-state index contributed by atoms with van der Waals surface area (Å²) in [7, 11) is 3.74. The minimum atomic E-state index is -1.02. The Balaban J connectivity index is 1.76. The summed E-state index contributed by atoms with van der Waals surface area (Å²) in [4.78, 5) is 15.9. The van der Waals surface area contributed by atoms with Gasteiger partial charge in [-0.2, -0.15) is 0 Å². The first kappa shape index (κ1) is 17.8. The fraction of sp³-hybridized carbons (Fsp3) is 0.273. The van der Waals surface area contributed by atoms with E-state index in [9.17, 15) is 9.90 Å². The average Bonchev–Trinajstić information content (AvgIpc) is 3.46. The summed E-state index contributed by atoms with van der Waals surface area (Å²) in [5.74, 6) is -0.0746. The summed E-state index contributed by atoms with van der Waals surface area (Å²) >= 11 is 0. The molecule has 7 heteroatoms. The molecule has 1 aliphatic rings. The Labute approximate surface area is 167 Å². The van der Waals surface area contributed by atoms with Gasteiger partial charge in [0.25, 0.3) is 0 Å². The quantitative estimate of drug-likeness (QED) is 0.529. The molecule has 3 heterocycles. The van der Waals surface area contributed by atoms with Crippen molar-refractivity contribution in [3.8, 4) is 0 Å². The van der Waals surface area contributed by atoms with Crippen LogP contribution in [0.1, 0.15) is 34.7 Å². The van der Waals surface area contributed by atoms with Crippen molar-refractivity contribution >= 4 is 39.7 Å². The van der Waals surface area contributed by atoms with Gasteiger partial charge in [0.05, 0.1) is 23.0 Å². The SMILES string of the molecule is COC/C=c1\c2cc(cc3c(C4CC4)cn(C)c32)n1Nc1ncccc1C(=O)O. The molecule has 0 aliphatic heterocycles. The number of aryl methyl sites for hydroxylation is 1. The molecular formula is C22H22N4O3. The van der Waals surface area contributed by atoms with Crippen LogP contribution in [0.25, 0.3) is 27.9 Å². The number of fused-ring (bicyclic) bond motifs is 4. The van der Waals surface area contributed by atoms with Gasteiger partial charge < -0.3 is 14.4 Å². The fourth-order valence-electron chi connectivity index (χ4n) is 4.13. The molecule has 0 unspecified atom stereocenters. The van der Waals surface area contributed by atoms with Crippen LogP contribution in [-0.2, 0) is 11.8 Å². The molecule has 0 spiro atoms. The molecule has 7 nitrogen and oxygen atoms in total. The van der Waals surface area contributed by atoms with Crippen molar-refractivity contribution in [2.75, 3.05) is 19.1 Å². The smallest absolute Gasteiger partial charge is 0.339 e. The van der Waals surface area contributed by atoms with Crippen molar-refractivity contribution in [1.29, 1.82) is 0 Å². The molecule has 1 aromatic carbocycles. The lowest BCUT2D eigenvalue weighted by molar-refractivity contribution is 0.0697. The molecule has 148 valence electrons. The lowest BCUT2D eigenvalue weighted by atomic mass is 10.1. The maximum Gasteiger partial charge on any atom is 0.339 e. The first-order chi connectivity index (χ1) is 14.1. The zero-order chi connectivity index (χ0) is 20.1. The largest absolute Gasteiger partial charge is 0.478 e.